The molecule has 1 saturated carbocycles. The van der Waals surface area contributed by atoms with E-state index in [4.69, 9.17) is 23.8 Å². The Kier molecular flexibility index (Phi) is 6.14. The zero-order valence-electron chi connectivity index (χ0n) is 11.4. The van der Waals surface area contributed by atoms with E-state index in [1.54, 1.807) is 12.3 Å². The van der Waals surface area contributed by atoms with Gasteiger partial charge in [-0.05, 0) is 50.9 Å². The Balaban J connectivity index is 1.79. The largest absolute Gasteiger partial charge is 0.252 e. The van der Waals surface area contributed by atoms with Crippen molar-refractivity contribution in [2.45, 2.75) is 6.92 Å². The fourth-order valence-corrected chi connectivity index (χ4v) is 1.86. The van der Waals surface area contributed by atoms with E-state index in [1.807, 2.05) is 50.8 Å². The number of rotatable bonds is 4. The van der Waals surface area contributed by atoms with Crippen molar-refractivity contribution in [3.05, 3.63) is 66.5 Å². The van der Waals surface area contributed by atoms with Crippen molar-refractivity contribution in [2.75, 3.05) is 0 Å². The van der Waals surface area contributed by atoms with Crippen molar-refractivity contribution in [3.63, 3.8) is 0 Å². The quantitative estimate of drug-likeness (QED) is 0.510. The Morgan fingerprint density at radius 3 is 2.62 bits per heavy atom. The highest BCUT2D eigenvalue weighted by Crippen LogP contribution is 2.23. The maximum absolute atomic E-state index is 6.01. The van der Waals surface area contributed by atoms with Crippen LogP contribution in [0, 0.1) is 31.6 Å². The van der Waals surface area contributed by atoms with Gasteiger partial charge in [0.25, 0.3) is 0 Å². The summed E-state index contributed by atoms with van der Waals surface area (Å²) in [6.07, 6.45) is 9.47. The Morgan fingerprint density at radius 1 is 1.19 bits per heavy atom. The smallest absolute Gasteiger partial charge is 0.207 e. The van der Waals surface area contributed by atoms with Gasteiger partial charge in [0, 0.05) is 22.2 Å². The normalized spacial score (nSPS) is 16.4. The van der Waals surface area contributed by atoms with Crippen LogP contribution in [0.25, 0.3) is 0 Å². The molecule has 5 radical (unpaired) electrons. The Morgan fingerprint density at radius 2 is 1.90 bits per heavy atom. The molecule has 1 aliphatic rings. The summed E-state index contributed by atoms with van der Waals surface area (Å²) in [5.74, 6) is 1.05. The minimum atomic E-state index is 0.309. The molecule has 0 heterocycles. The summed E-state index contributed by atoms with van der Waals surface area (Å²) in [5.41, 5.74) is 7.07. The molecule has 0 amide bonds. The van der Waals surface area contributed by atoms with Gasteiger partial charge >= 0.3 is 0 Å². The average Bonchev–Trinajstić information content (AvgIpc) is 3.01. The lowest BCUT2D eigenvalue weighted by atomic mass is 10.0. The average molecular weight is 318 g/mol. The highest BCUT2D eigenvalue weighted by atomic mass is 35.5. The summed E-state index contributed by atoms with van der Waals surface area (Å²) in [4.78, 5) is 0. The fraction of sp³-hybridized carbons (Fsp3) is 0.0667. The minimum absolute atomic E-state index is 0.309. The molecular formula is C15H14ClN4S. The Hall–Kier alpha value is -1.46. The van der Waals surface area contributed by atoms with Gasteiger partial charge in [0.1, 0.15) is 0 Å². The van der Waals surface area contributed by atoms with Gasteiger partial charge < -0.3 is 0 Å². The number of hydrogen-bond acceptors (Lipinski definition) is 3. The van der Waals surface area contributed by atoms with E-state index in [1.165, 1.54) is 0 Å². The first kappa shape index (κ1) is 15.9. The molecule has 21 heavy (non-hydrogen) atoms. The number of halogens is 1. The zero-order valence-corrected chi connectivity index (χ0v) is 12.9. The first-order valence-corrected chi connectivity index (χ1v) is 7.05. The summed E-state index contributed by atoms with van der Waals surface area (Å²) in [6.45, 7) is 1.90. The molecule has 0 atom stereocenters. The lowest BCUT2D eigenvalue weighted by Gasteiger charge is -2.08. The van der Waals surface area contributed by atoms with Crippen LogP contribution in [0.15, 0.2) is 34.5 Å². The second-order valence-corrected chi connectivity index (χ2v) is 5.02. The van der Waals surface area contributed by atoms with E-state index in [2.05, 4.69) is 21.1 Å². The van der Waals surface area contributed by atoms with Crippen molar-refractivity contribution >= 4 is 40.9 Å². The molecule has 6 heteroatoms. The van der Waals surface area contributed by atoms with E-state index in [-0.39, 0.29) is 0 Å². The summed E-state index contributed by atoms with van der Waals surface area (Å²) in [5, 5.41) is 9.12. The number of thiocarbonyl (C=S) groups is 1. The first-order valence-electron chi connectivity index (χ1n) is 6.27. The monoisotopic (exact) mass is 317 g/mol. The van der Waals surface area contributed by atoms with Gasteiger partial charge in [0.15, 0.2) is 0 Å². The number of hydrazone groups is 2. The molecule has 0 bridgehead atoms. The van der Waals surface area contributed by atoms with Gasteiger partial charge in [-0.15, -0.1) is 0 Å². The fourth-order valence-electron chi connectivity index (χ4n) is 1.58. The van der Waals surface area contributed by atoms with Crippen LogP contribution in [-0.2, 0) is 0 Å². The number of benzene rings is 1. The van der Waals surface area contributed by atoms with E-state index < -0.39 is 0 Å². The third-order valence-electron chi connectivity index (χ3n) is 2.68. The lowest BCUT2D eigenvalue weighted by molar-refractivity contribution is 0.927. The van der Waals surface area contributed by atoms with Crippen molar-refractivity contribution in [2.24, 2.45) is 10.2 Å². The van der Waals surface area contributed by atoms with Gasteiger partial charge in [-0.1, -0.05) is 29.8 Å². The van der Waals surface area contributed by atoms with E-state index in [0.29, 0.717) is 10.1 Å². The molecule has 4 nitrogen and oxygen atoms in total. The topological polar surface area (TPSA) is 48.8 Å². The predicted molar refractivity (Wildman–Crippen MR) is 91.5 cm³/mol. The van der Waals surface area contributed by atoms with Gasteiger partial charge in [-0.2, -0.15) is 10.2 Å². The first-order chi connectivity index (χ1) is 10.2. The number of nitrogens with zero attached hydrogens (tertiary/aromatic N) is 2. The molecule has 2 N–H and O–H groups in total. The molecule has 107 valence electrons. The van der Waals surface area contributed by atoms with E-state index in [9.17, 15) is 0 Å². The summed E-state index contributed by atoms with van der Waals surface area (Å²) < 4.78 is 0. The standard InChI is InChI=1S/C15H14ClN4S/c1-11(12-6-2-3-7-12)18-20-15(21)19-17-10-13-8-4-5-9-14(13)16/h2-10H,1H3,(H2,19,20,21)/b17-10+,18-11+. The highest BCUT2D eigenvalue weighted by Gasteiger charge is 2.19. The van der Waals surface area contributed by atoms with Crippen molar-refractivity contribution in [3.8, 4) is 0 Å². The van der Waals surface area contributed by atoms with Crippen LogP contribution < -0.4 is 10.9 Å². The highest BCUT2D eigenvalue weighted by molar-refractivity contribution is 7.80. The van der Waals surface area contributed by atoms with Crippen LogP contribution in [0.5, 0.6) is 0 Å². The van der Waals surface area contributed by atoms with Crippen LogP contribution in [0.3, 0.4) is 0 Å². The molecule has 2 rings (SSSR count). The van der Waals surface area contributed by atoms with Gasteiger partial charge in [-0.25, -0.2) is 0 Å². The molecule has 1 aromatic rings. The minimum Gasteiger partial charge on any atom is -0.252 e. The summed E-state index contributed by atoms with van der Waals surface area (Å²) >= 11 is 11.1. The molecule has 0 unspecified atom stereocenters. The van der Waals surface area contributed by atoms with E-state index in [0.717, 1.165) is 17.2 Å². The third kappa shape index (κ3) is 5.10. The third-order valence-corrected chi connectivity index (χ3v) is 3.21. The maximum Gasteiger partial charge on any atom is 0.207 e. The second kappa shape index (κ2) is 8.10. The molecule has 0 aromatic heterocycles. The molecular weight excluding hydrogens is 304 g/mol. The zero-order chi connectivity index (χ0) is 15.1. The molecule has 0 saturated heterocycles. The van der Waals surface area contributed by atoms with Crippen LogP contribution in [0.1, 0.15) is 12.5 Å². The predicted octanol–water partition coefficient (Wildman–Crippen LogP) is 2.92. The van der Waals surface area contributed by atoms with Crippen LogP contribution >= 0.6 is 23.8 Å². The Labute approximate surface area is 135 Å². The number of hydrogen-bond donors (Lipinski definition) is 2. The second-order valence-electron chi connectivity index (χ2n) is 4.20. The van der Waals surface area contributed by atoms with Crippen LogP contribution in [-0.4, -0.2) is 17.0 Å². The van der Waals surface area contributed by atoms with Gasteiger partial charge in [-0.3, -0.25) is 10.9 Å². The maximum atomic E-state index is 6.01. The van der Waals surface area contributed by atoms with Crippen molar-refractivity contribution in [1.29, 1.82) is 0 Å². The van der Waals surface area contributed by atoms with E-state index >= 15 is 0 Å². The molecule has 1 fully saturated rings. The molecule has 1 aliphatic carbocycles. The SMILES string of the molecule is C/C(=N\NC(=S)N/N=C/c1ccccc1Cl)[C]1[CH][CH][CH][CH]1. The van der Waals surface area contributed by atoms with Crippen molar-refractivity contribution < 1.29 is 0 Å². The van der Waals surface area contributed by atoms with Gasteiger partial charge in [0.2, 0.25) is 5.11 Å². The van der Waals surface area contributed by atoms with Crippen LogP contribution in [0.4, 0.5) is 0 Å². The van der Waals surface area contributed by atoms with Crippen molar-refractivity contribution in [1.82, 2.24) is 10.9 Å². The van der Waals surface area contributed by atoms with Crippen LogP contribution in [0.2, 0.25) is 5.02 Å². The lowest BCUT2D eigenvalue weighted by Crippen LogP contribution is -2.29. The molecule has 1 aromatic carbocycles. The Bertz CT molecular complexity index is 550. The summed E-state index contributed by atoms with van der Waals surface area (Å²) in [6, 6.07) is 7.41. The summed E-state index contributed by atoms with van der Waals surface area (Å²) in [7, 11) is 0. The van der Waals surface area contributed by atoms with Gasteiger partial charge in [0.05, 0.1) is 6.21 Å². The molecule has 0 spiro atoms. The molecule has 0 aliphatic heterocycles. The number of nitrogens with one attached hydrogen (secondary N) is 2.